The molecule has 21 heavy (non-hydrogen) atoms. The first-order chi connectivity index (χ1) is 10.1. The number of aryl methyl sites for hydroxylation is 1. The van der Waals surface area contributed by atoms with Crippen molar-refractivity contribution >= 4 is 34.2 Å². The molecule has 0 bridgehead atoms. The Morgan fingerprint density at radius 1 is 1.33 bits per heavy atom. The molecule has 2 atom stereocenters. The van der Waals surface area contributed by atoms with E-state index in [0.717, 1.165) is 10.6 Å². The molecule has 0 saturated carbocycles. The number of aromatic nitrogens is 1. The number of amides is 3. The maximum Gasteiger partial charge on any atom is 0.246 e. The van der Waals surface area contributed by atoms with Crippen LogP contribution in [-0.2, 0) is 14.4 Å². The van der Waals surface area contributed by atoms with E-state index in [9.17, 15) is 14.4 Å². The van der Waals surface area contributed by atoms with Crippen LogP contribution in [0.5, 0.6) is 0 Å². The molecule has 2 aliphatic rings. The fraction of sp³-hybridized carbons (Fsp3) is 0.429. The van der Waals surface area contributed by atoms with E-state index >= 15 is 0 Å². The molecule has 3 rings (SSSR count). The largest absolute Gasteiger partial charge is 0.300 e. The van der Waals surface area contributed by atoms with Crippen LogP contribution in [0.25, 0.3) is 0 Å². The van der Waals surface area contributed by atoms with Gasteiger partial charge in [0.05, 0.1) is 17.5 Å². The van der Waals surface area contributed by atoms with Crippen LogP contribution in [0.15, 0.2) is 17.5 Å². The lowest BCUT2D eigenvalue weighted by Crippen LogP contribution is -2.38. The molecule has 0 radical (unpaired) electrons. The Bertz CT molecular complexity index is 611. The number of nitrogens with one attached hydrogen (secondary N) is 1. The van der Waals surface area contributed by atoms with Gasteiger partial charge in [-0.2, -0.15) is 0 Å². The molecule has 0 spiro atoms. The number of carbonyl (C=O) groups excluding carboxylic acids is 3. The van der Waals surface area contributed by atoms with Gasteiger partial charge in [-0.15, -0.1) is 11.3 Å². The highest BCUT2D eigenvalue weighted by Gasteiger charge is 2.47. The average molecular weight is 305 g/mol. The van der Waals surface area contributed by atoms with Crippen LogP contribution < -0.4 is 5.32 Å². The van der Waals surface area contributed by atoms with Gasteiger partial charge in [0.25, 0.3) is 0 Å². The lowest BCUT2D eigenvalue weighted by atomic mass is 9.85. The van der Waals surface area contributed by atoms with Crippen molar-refractivity contribution in [2.45, 2.75) is 19.8 Å². The van der Waals surface area contributed by atoms with Crippen LogP contribution in [0.1, 0.15) is 18.5 Å². The monoisotopic (exact) mass is 305 g/mol. The van der Waals surface area contributed by atoms with Gasteiger partial charge in [0.2, 0.25) is 17.7 Å². The standard InChI is InChI=1S/C14H15N3O3S/c1-8-7-21-14(15-8)16-11(18)6-17-12(19)9-4-2-3-5-10(9)13(17)20/h2-3,7,9-10H,4-6H2,1H3,(H,15,16,18)/t9-,10-/m0/s1. The van der Waals surface area contributed by atoms with Crippen molar-refractivity contribution in [3.8, 4) is 0 Å². The van der Waals surface area contributed by atoms with Crippen molar-refractivity contribution in [3.05, 3.63) is 23.2 Å². The topological polar surface area (TPSA) is 79.4 Å². The van der Waals surface area contributed by atoms with Crippen molar-refractivity contribution in [2.24, 2.45) is 11.8 Å². The average Bonchev–Trinajstić information content (AvgIpc) is 2.97. The number of rotatable bonds is 3. The van der Waals surface area contributed by atoms with Gasteiger partial charge >= 0.3 is 0 Å². The number of likely N-dealkylation sites (tertiary alicyclic amines) is 1. The van der Waals surface area contributed by atoms with Crippen LogP contribution in [-0.4, -0.2) is 34.2 Å². The smallest absolute Gasteiger partial charge is 0.246 e. The van der Waals surface area contributed by atoms with Gasteiger partial charge in [0.15, 0.2) is 5.13 Å². The predicted molar refractivity (Wildman–Crippen MR) is 77.6 cm³/mol. The molecule has 6 nitrogen and oxygen atoms in total. The van der Waals surface area contributed by atoms with Crippen molar-refractivity contribution in [1.82, 2.24) is 9.88 Å². The molecule has 1 fully saturated rings. The molecule has 1 aromatic rings. The number of hydrogen-bond acceptors (Lipinski definition) is 5. The summed E-state index contributed by atoms with van der Waals surface area (Å²) < 4.78 is 0. The summed E-state index contributed by atoms with van der Waals surface area (Å²) in [5.74, 6) is -1.45. The zero-order valence-electron chi connectivity index (χ0n) is 11.5. The van der Waals surface area contributed by atoms with Crippen LogP contribution in [0.2, 0.25) is 0 Å². The van der Waals surface area contributed by atoms with Crippen molar-refractivity contribution in [3.63, 3.8) is 0 Å². The zero-order valence-corrected chi connectivity index (χ0v) is 12.4. The third-order valence-corrected chi connectivity index (χ3v) is 4.64. The molecular weight excluding hydrogens is 290 g/mol. The van der Waals surface area contributed by atoms with E-state index in [-0.39, 0.29) is 30.2 Å². The summed E-state index contributed by atoms with van der Waals surface area (Å²) in [6, 6.07) is 0. The SMILES string of the molecule is Cc1csc(NC(=O)CN2C(=O)[C@H]3CC=CC[C@@H]3C2=O)n1. The summed E-state index contributed by atoms with van der Waals surface area (Å²) in [7, 11) is 0. The quantitative estimate of drug-likeness (QED) is 0.675. The highest BCUT2D eigenvalue weighted by atomic mass is 32.1. The molecule has 7 heteroatoms. The number of nitrogens with zero attached hydrogens (tertiary/aromatic N) is 2. The minimum atomic E-state index is -0.391. The lowest BCUT2D eigenvalue weighted by Gasteiger charge is -2.14. The number of allylic oxidation sites excluding steroid dienone is 2. The van der Waals surface area contributed by atoms with Crippen LogP contribution in [0, 0.1) is 18.8 Å². The fourth-order valence-corrected chi connectivity index (χ4v) is 3.44. The van der Waals surface area contributed by atoms with Gasteiger partial charge in [-0.1, -0.05) is 12.2 Å². The number of imide groups is 1. The third kappa shape index (κ3) is 2.61. The first-order valence-electron chi connectivity index (χ1n) is 6.78. The van der Waals surface area contributed by atoms with Gasteiger partial charge < -0.3 is 5.32 Å². The van der Waals surface area contributed by atoms with E-state index in [0.29, 0.717) is 18.0 Å². The maximum atomic E-state index is 12.2. The number of thiazole rings is 1. The summed E-state index contributed by atoms with van der Waals surface area (Å²) >= 11 is 1.32. The molecule has 1 aromatic heterocycles. The van der Waals surface area contributed by atoms with Gasteiger partial charge in [0.1, 0.15) is 6.54 Å². The summed E-state index contributed by atoms with van der Waals surface area (Å²) in [6.07, 6.45) is 5.01. The Morgan fingerprint density at radius 2 is 1.95 bits per heavy atom. The molecule has 1 saturated heterocycles. The van der Waals surface area contributed by atoms with Crippen LogP contribution in [0.4, 0.5) is 5.13 Å². The second kappa shape index (κ2) is 5.40. The Labute approximate surface area is 125 Å². The molecule has 3 amide bonds. The highest BCUT2D eigenvalue weighted by Crippen LogP contribution is 2.34. The molecule has 0 aromatic carbocycles. The van der Waals surface area contributed by atoms with Gasteiger partial charge in [-0.25, -0.2) is 4.98 Å². The van der Waals surface area contributed by atoms with Crippen LogP contribution in [0.3, 0.4) is 0 Å². The maximum absolute atomic E-state index is 12.2. The van der Waals surface area contributed by atoms with E-state index in [1.54, 1.807) is 0 Å². The minimum absolute atomic E-state index is 0.233. The van der Waals surface area contributed by atoms with E-state index in [2.05, 4.69) is 10.3 Å². The first-order valence-corrected chi connectivity index (χ1v) is 7.66. The van der Waals surface area contributed by atoms with E-state index in [1.165, 1.54) is 11.3 Å². The normalized spacial score (nSPS) is 24.3. The zero-order chi connectivity index (χ0) is 15.0. The van der Waals surface area contributed by atoms with Gasteiger partial charge in [-0.3, -0.25) is 19.3 Å². The van der Waals surface area contributed by atoms with E-state index in [4.69, 9.17) is 0 Å². The Kier molecular flexibility index (Phi) is 3.59. The Hall–Kier alpha value is -2.02. The summed E-state index contributed by atoms with van der Waals surface area (Å²) in [4.78, 5) is 41.6. The predicted octanol–water partition coefficient (Wildman–Crippen LogP) is 1.34. The molecular formula is C14H15N3O3S. The minimum Gasteiger partial charge on any atom is -0.300 e. The molecule has 1 aliphatic heterocycles. The van der Waals surface area contributed by atoms with Crippen LogP contribution >= 0.6 is 11.3 Å². The number of carbonyl (C=O) groups is 3. The van der Waals surface area contributed by atoms with Crippen molar-refractivity contribution < 1.29 is 14.4 Å². The molecule has 110 valence electrons. The number of anilines is 1. The molecule has 1 N–H and O–H groups in total. The fourth-order valence-electron chi connectivity index (χ4n) is 2.74. The van der Waals surface area contributed by atoms with E-state index in [1.807, 2.05) is 24.5 Å². The lowest BCUT2D eigenvalue weighted by molar-refractivity contribution is -0.142. The summed E-state index contributed by atoms with van der Waals surface area (Å²) in [6.45, 7) is 1.60. The van der Waals surface area contributed by atoms with Crippen molar-refractivity contribution in [2.75, 3.05) is 11.9 Å². The third-order valence-electron chi connectivity index (χ3n) is 3.77. The number of hydrogen-bond donors (Lipinski definition) is 1. The molecule has 1 aliphatic carbocycles. The second-order valence-corrected chi connectivity index (χ2v) is 6.12. The van der Waals surface area contributed by atoms with Gasteiger partial charge in [0, 0.05) is 5.38 Å². The molecule has 2 heterocycles. The molecule has 0 unspecified atom stereocenters. The summed E-state index contributed by atoms with van der Waals surface area (Å²) in [5, 5.41) is 4.92. The second-order valence-electron chi connectivity index (χ2n) is 5.26. The van der Waals surface area contributed by atoms with Gasteiger partial charge in [-0.05, 0) is 19.8 Å². The Balaban J connectivity index is 1.66. The van der Waals surface area contributed by atoms with E-state index < -0.39 is 5.91 Å². The van der Waals surface area contributed by atoms with Crippen molar-refractivity contribution in [1.29, 1.82) is 0 Å². The Morgan fingerprint density at radius 3 is 2.48 bits per heavy atom. The highest BCUT2D eigenvalue weighted by molar-refractivity contribution is 7.13. The summed E-state index contributed by atoms with van der Waals surface area (Å²) in [5.41, 5.74) is 0.820. The number of fused-ring (bicyclic) bond motifs is 1. The first kappa shape index (κ1) is 13.9.